The highest BCUT2D eigenvalue weighted by Crippen LogP contribution is 2.30. The van der Waals surface area contributed by atoms with Crippen LogP contribution in [-0.2, 0) is 4.79 Å². The van der Waals surface area contributed by atoms with Gasteiger partial charge in [-0.15, -0.1) is 10.2 Å². The molecule has 9 heteroatoms. The van der Waals surface area contributed by atoms with Crippen LogP contribution < -0.4 is 5.32 Å². The quantitative estimate of drug-likeness (QED) is 0.668. The molecule has 6 nitrogen and oxygen atoms in total. The van der Waals surface area contributed by atoms with Crippen LogP contribution in [0.3, 0.4) is 0 Å². The number of anilines is 1. The third-order valence-corrected chi connectivity index (χ3v) is 4.34. The molecule has 0 aliphatic heterocycles. The Labute approximate surface area is 151 Å². The zero-order valence-electron chi connectivity index (χ0n) is 12.1. The first-order chi connectivity index (χ1) is 11.6. The van der Waals surface area contributed by atoms with Gasteiger partial charge in [0.25, 0.3) is 5.22 Å². The van der Waals surface area contributed by atoms with Gasteiger partial charge in [0.15, 0.2) is 0 Å². The molecular formula is C15H10Cl2N4O2S. The highest BCUT2D eigenvalue weighted by molar-refractivity contribution is 7.99. The molecule has 0 aliphatic rings. The highest BCUT2D eigenvalue weighted by Gasteiger charge is 2.13. The van der Waals surface area contributed by atoms with Crippen molar-refractivity contribution >= 4 is 46.6 Å². The van der Waals surface area contributed by atoms with Gasteiger partial charge in [0, 0.05) is 18.0 Å². The van der Waals surface area contributed by atoms with Gasteiger partial charge in [-0.05, 0) is 24.3 Å². The molecule has 2 aromatic heterocycles. The summed E-state index contributed by atoms with van der Waals surface area (Å²) in [6.45, 7) is 0. The minimum Gasteiger partial charge on any atom is -0.411 e. The molecule has 0 unspecified atom stereocenters. The maximum absolute atomic E-state index is 12.0. The number of amides is 1. The minimum atomic E-state index is -0.279. The number of pyridine rings is 1. The number of hydrogen-bond donors (Lipinski definition) is 1. The normalized spacial score (nSPS) is 10.6. The third-order valence-electron chi connectivity index (χ3n) is 2.89. The molecule has 0 aliphatic carbocycles. The standard InChI is InChI=1S/C15H10Cl2N4O2S/c16-10-2-1-3-11(17)13(10)19-12(22)8-24-15-21-20-14(23-15)9-4-6-18-7-5-9/h1-7H,8H2,(H,19,22). The van der Waals surface area contributed by atoms with Crippen LogP contribution in [0, 0.1) is 0 Å². The van der Waals surface area contributed by atoms with Crippen LogP contribution in [0.4, 0.5) is 5.69 Å². The van der Waals surface area contributed by atoms with Crippen molar-refractivity contribution < 1.29 is 9.21 Å². The van der Waals surface area contributed by atoms with Crippen LogP contribution in [0.25, 0.3) is 11.5 Å². The number of carbonyl (C=O) groups is 1. The lowest BCUT2D eigenvalue weighted by Crippen LogP contribution is -2.14. The summed E-state index contributed by atoms with van der Waals surface area (Å²) in [7, 11) is 0. The Morgan fingerprint density at radius 3 is 2.54 bits per heavy atom. The van der Waals surface area contributed by atoms with Gasteiger partial charge in [-0.1, -0.05) is 41.0 Å². The van der Waals surface area contributed by atoms with Gasteiger partial charge in [0.05, 0.1) is 21.5 Å². The Balaban J connectivity index is 1.60. The maximum Gasteiger partial charge on any atom is 0.277 e. The van der Waals surface area contributed by atoms with Gasteiger partial charge in [0.2, 0.25) is 11.8 Å². The van der Waals surface area contributed by atoms with Crippen LogP contribution in [0.1, 0.15) is 0 Å². The Morgan fingerprint density at radius 1 is 1.12 bits per heavy atom. The zero-order chi connectivity index (χ0) is 16.9. The lowest BCUT2D eigenvalue weighted by molar-refractivity contribution is -0.113. The van der Waals surface area contributed by atoms with E-state index in [1.54, 1.807) is 42.7 Å². The second-order valence-corrected chi connectivity index (χ2v) is 6.28. The molecular weight excluding hydrogens is 371 g/mol. The number of para-hydroxylation sites is 1. The third kappa shape index (κ3) is 4.05. The summed E-state index contributed by atoms with van der Waals surface area (Å²) in [5.74, 6) is 0.174. The number of aromatic nitrogens is 3. The van der Waals surface area contributed by atoms with E-state index < -0.39 is 0 Å². The van der Waals surface area contributed by atoms with E-state index in [1.807, 2.05) is 0 Å². The van der Waals surface area contributed by atoms with Crippen LogP contribution in [0.5, 0.6) is 0 Å². The lowest BCUT2D eigenvalue weighted by Gasteiger charge is -2.08. The van der Waals surface area contributed by atoms with E-state index in [4.69, 9.17) is 27.6 Å². The van der Waals surface area contributed by atoms with Crippen LogP contribution in [-0.4, -0.2) is 26.8 Å². The van der Waals surface area contributed by atoms with Gasteiger partial charge in [-0.2, -0.15) is 0 Å². The fraction of sp³-hybridized carbons (Fsp3) is 0.0667. The first-order valence-electron chi connectivity index (χ1n) is 6.74. The summed E-state index contributed by atoms with van der Waals surface area (Å²) in [4.78, 5) is 15.9. The molecule has 0 radical (unpaired) electrons. The molecule has 0 saturated carbocycles. The van der Waals surface area contributed by atoms with E-state index >= 15 is 0 Å². The van der Waals surface area contributed by atoms with E-state index in [-0.39, 0.29) is 11.7 Å². The molecule has 0 atom stereocenters. The largest absolute Gasteiger partial charge is 0.411 e. The van der Waals surface area contributed by atoms with Crippen molar-refractivity contribution in [2.24, 2.45) is 0 Å². The summed E-state index contributed by atoms with van der Waals surface area (Å²) in [6, 6.07) is 8.51. The molecule has 24 heavy (non-hydrogen) atoms. The molecule has 0 saturated heterocycles. The van der Waals surface area contributed by atoms with Crippen molar-refractivity contribution in [1.29, 1.82) is 0 Å². The van der Waals surface area contributed by atoms with E-state index in [9.17, 15) is 4.79 Å². The summed E-state index contributed by atoms with van der Waals surface area (Å²) in [6.07, 6.45) is 3.26. The Bertz CT molecular complexity index is 837. The number of nitrogens with one attached hydrogen (secondary N) is 1. The summed E-state index contributed by atoms with van der Waals surface area (Å²) in [5, 5.41) is 11.5. The predicted octanol–water partition coefficient (Wildman–Crippen LogP) is 4.17. The van der Waals surface area contributed by atoms with Crippen molar-refractivity contribution in [3.63, 3.8) is 0 Å². The average Bonchev–Trinajstić information content (AvgIpc) is 3.06. The van der Waals surface area contributed by atoms with Crippen molar-refractivity contribution in [1.82, 2.24) is 15.2 Å². The van der Waals surface area contributed by atoms with E-state index in [0.29, 0.717) is 26.8 Å². The SMILES string of the molecule is O=C(CSc1nnc(-c2ccncc2)o1)Nc1c(Cl)cccc1Cl. The summed E-state index contributed by atoms with van der Waals surface area (Å²) < 4.78 is 5.50. The van der Waals surface area contributed by atoms with Crippen molar-refractivity contribution in [3.8, 4) is 11.5 Å². The highest BCUT2D eigenvalue weighted by atomic mass is 35.5. The maximum atomic E-state index is 12.0. The topological polar surface area (TPSA) is 80.9 Å². The fourth-order valence-electron chi connectivity index (χ4n) is 1.80. The van der Waals surface area contributed by atoms with Gasteiger partial charge in [-0.25, -0.2) is 0 Å². The molecule has 3 rings (SSSR count). The van der Waals surface area contributed by atoms with Crippen molar-refractivity contribution in [2.45, 2.75) is 5.22 Å². The lowest BCUT2D eigenvalue weighted by atomic mass is 10.3. The monoisotopic (exact) mass is 380 g/mol. The van der Waals surface area contributed by atoms with Crippen LogP contribution in [0.2, 0.25) is 10.0 Å². The van der Waals surface area contributed by atoms with Crippen molar-refractivity contribution in [3.05, 3.63) is 52.8 Å². The number of thioether (sulfide) groups is 1. The van der Waals surface area contributed by atoms with Crippen LogP contribution in [0.15, 0.2) is 52.4 Å². The van der Waals surface area contributed by atoms with E-state index in [2.05, 4.69) is 20.5 Å². The zero-order valence-corrected chi connectivity index (χ0v) is 14.4. The predicted molar refractivity (Wildman–Crippen MR) is 93.3 cm³/mol. The average molecular weight is 381 g/mol. The first-order valence-corrected chi connectivity index (χ1v) is 8.48. The van der Waals surface area contributed by atoms with E-state index in [0.717, 1.165) is 17.3 Å². The Morgan fingerprint density at radius 2 is 1.83 bits per heavy atom. The second-order valence-electron chi connectivity index (χ2n) is 4.54. The van der Waals surface area contributed by atoms with Crippen LogP contribution >= 0.6 is 35.0 Å². The molecule has 3 aromatic rings. The number of hydrogen-bond acceptors (Lipinski definition) is 6. The molecule has 122 valence electrons. The van der Waals surface area contributed by atoms with Crippen molar-refractivity contribution in [2.75, 3.05) is 11.1 Å². The fourth-order valence-corrected chi connectivity index (χ4v) is 2.85. The smallest absolute Gasteiger partial charge is 0.277 e. The number of carbonyl (C=O) groups excluding carboxylic acids is 1. The Kier molecular flexibility index (Phi) is 5.34. The minimum absolute atomic E-state index is 0.0829. The second kappa shape index (κ2) is 7.65. The molecule has 0 spiro atoms. The van der Waals surface area contributed by atoms with Gasteiger partial charge >= 0.3 is 0 Å². The molecule has 1 aromatic carbocycles. The first kappa shape index (κ1) is 16.8. The molecule has 0 fully saturated rings. The number of rotatable bonds is 5. The summed E-state index contributed by atoms with van der Waals surface area (Å²) >= 11 is 13.1. The molecule has 2 heterocycles. The Hall–Kier alpha value is -2.09. The van der Waals surface area contributed by atoms with Gasteiger partial charge in [0.1, 0.15) is 0 Å². The number of halogens is 2. The van der Waals surface area contributed by atoms with E-state index in [1.165, 1.54) is 0 Å². The van der Waals surface area contributed by atoms with Gasteiger partial charge < -0.3 is 9.73 Å². The number of benzene rings is 1. The summed E-state index contributed by atoms with van der Waals surface area (Å²) in [5.41, 5.74) is 1.14. The molecule has 1 N–H and O–H groups in total. The molecule has 0 bridgehead atoms. The number of nitrogens with zero attached hydrogens (tertiary/aromatic N) is 3. The van der Waals surface area contributed by atoms with Gasteiger partial charge in [-0.3, -0.25) is 9.78 Å². The molecule has 1 amide bonds.